The maximum Gasteiger partial charge on any atom is -0.0414 e. The van der Waals surface area contributed by atoms with Gasteiger partial charge in [0.1, 0.15) is 0 Å². The smallest absolute Gasteiger partial charge is 0.0414 e. The van der Waals surface area contributed by atoms with Crippen LogP contribution in [0.5, 0.6) is 0 Å². The molecular weight excluding hydrogens is 420 g/mol. The van der Waals surface area contributed by atoms with Crippen LogP contribution in [0.15, 0.2) is 0 Å². The van der Waals surface area contributed by atoms with E-state index in [1.807, 2.05) is 0 Å². The molecule has 0 aliphatic heterocycles. The summed E-state index contributed by atoms with van der Waals surface area (Å²) in [5, 5.41) is 0. The Morgan fingerprint density at radius 1 is 0.314 bits per heavy atom. The summed E-state index contributed by atoms with van der Waals surface area (Å²) < 4.78 is 0. The van der Waals surface area contributed by atoms with Crippen molar-refractivity contribution in [3.05, 3.63) is 6.92 Å². The molecule has 0 heterocycles. The summed E-state index contributed by atoms with van der Waals surface area (Å²) in [5.74, 6) is 0.970. The molecule has 0 heteroatoms. The third-order valence-electron chi connectivity index (χ3n) is 8.29. The Morgan fingerprint density at radius 2 is 0.543 bits per heavy atom. The summed E-state index contributed by atoms with van der Waals surface area (Å²) in [5.41, 5.74) is 0. The highest BCUT2D eigenvalue weighted by atomic mass is 14.1. The first kappa shape index (κ1) is 35.0. The molecule has 0 N–H and O–H groups in total. The van der Waals surface area contributed by atoms with E-state index in [4.69, 9.17) is 0 Å². The zero-order valence-corrected chi connectivity index (χ0v) is 25.2. The molecule has 0 aromatic rings. The lowest BCUT2D eigenvalue weighted by Crippen LogP contribution is -2.00. The van der Waals surface area contributed by atoms with Crippen molar-refractivity contribution in [3.8, 4) is 0 Å². The van der Waals surface area contributed by atoms with Crippen LogP contribution in [-0.4, -0.2) is 0 Å². The molecule has 211 valence electrons. The van der Waals surface area contributed by atoms with Gasteiger partial charge in [0.05, 0.1) is 0 Å². The fraction of sp³-hybridized carbons (Fsp3) is 0.971. The van der Waals surface area contributed by atoms with Gasteiger partial charge in [-0.05, 0) is 5.92 Å². The van der Waals surface area contributed by atoms with Gasteiger partial charge in [-0.2, -0.15) is 0 Å². The van der Waals surface area contributed by atoms with E-state index in [9.17, 15) is 0 Å². The number of rotatable bonds is 31. The lowest BCUT2D eigenvalue weighted by molar-refractivity contribution is 0.381. The van der Waals surface area contributed by atoms with E-state index in [1.165, 1.54) is 193 Å². The minimum absolute atomic E-state index is 0.970. The monoisotopic (exact) mass is 492 g/mol. The third kappa shape index (κ3) is 30.1. The van der Waals surface area contributed by atoms with Gasteiger partial charge in [0, 0.05) is 0 Å². The second kappa shape index (κ2) is 32.0. The van der Waals surface area contributed by atoms with E-state index >= 15 is 0 Å². The van der Waals surface area contributed by atoms with Crippen LogP contribution in [0.3, 0.4) is 0 Å². The molecule has 0 aliphatic carbocycles. The number of hydrogen-bond acceptors (Lipinski definition) is 0. The van der Waals surface area contributed by atoms with Crippen LogP contribution in [0.4, 0.5) is 0 Å². The van der Waals surface area contributed by atoms with Crippen molar-refractivity contribution >= 4 is 0 Å². The first-order chi connectivity index (χ1) is 17.3. The zero-order valence-electron chi connectivity index (χ0n) is 25.2. The van der Waals surface area contributed by atoms with Gasteiger partial charge in [0.25, 0.3) is 0 Å². The lowest BCUT2D eigenvalue weighted by Gasteiger charge is -2.16. The van der Waals surface area contributed by atoms with Crippen LogP contribution >= 0.6 is 0 Å². The van der Waals surface area contributed by atoms with Crippen molar-refractivity contribution in [2.75, 3.05) is 0 Å². The fourth-order valence-corrected chi connectivity index (χ4v) is 5.80. The average molecular weight is 492 g/mol. The first-order valence-electron chi connectivity index (χ1n) is 17.1. The Bertz CT molecular complexity index is 346. The van der Waals surface area contributed by atoms with Crippen LogP contribution in [-0.2, 0) is 0 Å². The van der Waals surface area contributed by atoms with E-state index in [2.05, 4.69) is 20.8 Å². The summed E-state index contributed by atoms with van der Waals surface area (Å²) in [4.78, 5) is 0. The molecule has 0 aliphatic rings. The summed E-state index contributed by atoms with van der Waals surface area (Å²) in [6, 6.07) is 0. The molecule has 0 saturated heterocycles. The minimum atomic E-state index is 0.970. The van der Waals surface area contributed by atoms with E-state index in [1.54, 1.807) is 0 Å². The van der Waals surface area contributed by atoms with Gasteiger partial charge in [-0.15, -0.1) is 0 Å². The molecule has 0 nitrogen and oxygen atoms in total. The van der Waals surface area contributed by atoms with Crippen LogP contribution in [0.1, 0.15) is 213 Å². The van der Waals surface area contributed by atoms with Crippen LogP contribution < -0.4 is 0 Å². The SMILES string of the molecule is [CH2]CCC(CCCCCCCCCCCCC)CCCCCCCCCCCCCCCCCC. The van der Waals surface area contributed by atoms with Gasteiger partial charge < -0.3 is 0 Å². The predicted octanol–water partition coefficient (Wildman–Crippen LogP) is 13.6. The molecule has 0 bridgehead atoms. The second-order valence-electron chi connectivity index (χ2n) is 11.9. The summed E-state index contributed by atoms with van der Waals surface area (Å²) >= 11 is 0. The highest BCUT2D eigenvalue weighted by molar-refractivity contribution is 4.62. The molecule has 0 aromatic carbocycles. The minimum Gasteiger partial charge on any atom is -0.0654 e. The molecule has 1 atom stereocenters. The van der Waals surface area contributed by atoms with Crippen molar-refractivity contribution in [2.45, 2.75) is 213 Å². The first-order valence-corrected chi connectivity index (χ1v) is 17.1. The molecule has 35 heavy (non-hydrogen) atoms. The van der Waals surface area contributed by atoms with Gasteiger partial charge in [-0.1, -0.05) is 220 Å². The summed E-state index contributed by atoms with van der Waals surface area (Å²) in [6.07, 6.45) is 45.1. The van der Waals surface area contributed by atoms with Crippen LogP contribution in [0, 0.1) is 12.8 Å². The van der Waals surface area contributed by atoms with Gasteiger partial charge in [0.2, 0.25) is 0 Å². The maximum absolute atomic E-state index is 4.15. The van der Waals surface area contributed by atoms with Gasteiger partial charge >= 0.3 is 0 Å². The molecule has 0 rings (SSSR count). The van der Waals surface area contributed by atoms with Crippen molar-refractivity contribution in [3.63, 3.8) is 0 Å². The van der Waals surface area contributed by atoms with Crippen LogP contribution in [0.2, 0.25) is 0 Å². The van der Waals surface area contributed by atoms with Gasteiger partial charge in [-0.3, -0.25) is 0 Å². The maximum atomic E-state index is 4.15. The van der Waals surface area contributed by atoms with Crippen molar-refractivity contribution in [2.24, 2.45) is 5.92 Å². The number of hydrogen-bond donors (Lipinski definition) is 0. The van der Waals surface area contributed by atoms with E-state index in [0.29, 0.717) is 0 Å². The summed E-state index contributed by atoms with van der Waals surface area (Å²) in [6.45, 7) is 8.77. The zero-order chi connectivity index (χ0) is 25.5. The molecule has 1 unspecified atom stereocenters. The molecule has 0 amide bonds. The van der Waals surface area contributed by atoms with E-state index < -0.39 is 0 Å². The largest absolute Gasteiger partial charge is 0.0654 e. The Labute approximate surface area is 225 Å². The molecule has 1 radical (unpaired) electrons. The predicted molar refractivity (Wildman–Crippen MR) is 163 cm³/mol. The molecule has 0 fully saturated rings. The lowest BCUT2D eigenvalue weighted by atomic mass is 9.90. The quantitative estimate of drug-likeness (QED) is 0.0845. The molecule has 0 spiro atoms. The average Bonchev–Trinajstić information content (AvgIpc) is 2.86. The van der Waals surface area contributed by atoms with Crippen LogP contribution in [0.25, 0.3) is 0 Å². The van der Waals surface area contributed by atoms with Gasteiger partial charge in [0.15, 0.2) is 0 Å². The van der Waals surface area contributed by atoms with E-state index in [0.717, 1.165) is 12.3 Å². The molecule has 0 saturated carbocycles. The Hall–Kier alpha value is 0. The van der Waals surface area contributed by atoms with Crippen molar-refractivity contribution in [1.82, 2.24) is 0 Å². The standard InChI is InChI=1S/C35H71/c1-4-7-9-11-13-15-17-18-19-20-21-23-25-27-29-31-34-35(32-6-3)33-30-28-26-24-22-16-14-12-10-8-5-2/h35H,3-34H2,1-2H3. The second-order valence-corrected chi connectivity index (χ2v) is 11.9. The van der Waals surface area contributed by atoms with Gasteiger partial charge in [-0.25, -0.2) is 0 Å². The van der Waals surface area contributed by atoms with Crippen molar-refractivity contribution < 1.29 is 0 Å². The highest BCUT2D eigenvalue weighted by Crippen LogP contribution is 2.23. The Morgan fingerprint density at radius 3 is 0.771 bits per heavy atom. The fourth-order valence-electron chi connectivity index (χ4n) is 5.80. The Kier molecular flexibility index (Phi) is 32.0. The van der Waals surface area contributed by atoms with Crippen molar-refractivity contribution in [1.29, 1.82) is 0 Å². The van der Waals surface area contributed by atoms with E-state index in [-0.39, 0.29) is 0 Å². The normalized spacial score (nSPS) is 12.4. The molecular formula is C35H71. The third-order valence-corrected chi connectivity index (χ3v) is 8.29. The summed E-state index contributed by atoms with van der Waals surface area (Å²) in [7, 11) is 0. The number of unbranched alkanes of at least 4 members (excludes halogenated alkanes) is 25. The Balaban J connectivity index is 3.36. The highest BCUT2D eigenvalue weighted by Gasteiger charge is 2.07. The molecule has 0 aromatic heterocycles. The topological polar surface area (TPSA) is 0 Å².